The molecule has 0 aliphatic carbocycles. The summed E-state index contributed by atoms with van der Waals surface area (Å²) >= 11 is 0. The van der Waals surface area contributed by atoms with Crippen LogP contribution in [-0.4, -0.2) is 36.1 Å². The fourth-order valence-corrected chi connectivity index (χ4v) is 2.45. The Morgan fingerprint density at radius 1 is 1.39 bits per heavy atom. The summed E-state index contributed by atoms with van der Waals surface area (Å²) in [6.45, 7) is 5.13. The Hall–Kier alpha value is -2.64. The fraction of sp³-hybridized carbons (Fsp3) is 0.467. The van der Waals surface area contributed by atoms with Gasteiger partial charge in [-0.25, -0.2) is 4.79 Å². The first-order valence-corrected chi connectivity index (χ1v) is 7.14. The zero-order valence-electron chi connectivity index (χ0n) is 13.3. The molecule has 1 aromatic rings. The maximum atomic E-state index is 12.7. The number of nitro groups is 1. The number of ether oxygens (including phenoxy) is 2. The van der Waals surface area contributed by atoms with Crippen LogP contribution in [0.5, 0.6) is 5.75 Å². The lowest BCUT2D eigenvalue weighted by atomic mass is 10.0. The molecule has 0 N–H and O–H groups in total. The Bertz CT molecular complexity index is 657. The molecular formula is C15H18N2O6. The first kappa shape index (κ1) is 16.7. The van der Waals surface area contributed by atoms with Gasteiger partial charge in [-0.05, 0) is 18.9 Å². The molecule has 2 rings (SSSR count). The van der Waals surface area contributed by atoms with Crippen LogP contribution in [0.25, 0.3) is 0 Å². The number of rotatable bonds is 4. The number of nitro benzene ring substituents is 1. The van der Waals surface area contributed by atoms with E-state index >= 15 is 0 Å². The summed E-state index contributed by atoms with van der Waals surface area (Å²) in [6, 6.07) is 3.07. The van der Waals surface area contributed by atoms with E-state index in [1.54, 1.807) is 13.8 Å². The molecule has 0 spiro atoms. The van der Waals surface area contributed by atoms with E-state index in [0.717, 1.165) is 0 Å². The average Bonchev–Trinajstić information content (AvgIpc) is 2.52. The van der Waals surface area contributed by atoms with E-state index in [4.69, 9.17) is 9.47 Å². The highest BCUT2D eigenvalue weighted by Crippen LogP contribution is 2.39. The van der Waals surface area contributed by atoms with E-state index < -0.39 is 23.0 Å². The van der Waals surface area contributed by atoms with Crippen LogP contribution in [0.15, 0.2) is 18.2 Å². The van der Waals surface area contributed by atoms with Crippen LogP contribution in [0.1, 0.15) is 20.8 Å². The van der Waals surface area contributed by atoms with Crippen molar-refractivity contribution in [3.05, 3.63) is 28.3 Å². The number of hydrogen-bond donors (Lipinski definition) is 0. The minimum atomic E-state index is -0.863. The number of benzene rings is 1. The summed E-state index contributed by atoms with van der Waals surface area (Å²) in [6.07, 6.45) is -0.823. The van der Waals surface area contributed by atoms with Crippen molar-refractivity contribution in [2.24, 2.45) is 5.92 Å². The second-order valence-electron chi connectivity index (χ2n) is 5.60. The number of carbonyl (C=O) groups excluding carboxylic acids is 2. The fourth-order valence-electron chi connectivity index (χ4n) is 2.45. The van der Waals surface area contributed by atoms with Gasteiger partial charge in [0.15, 0.2) is 11.9 Å². The van der Waals surface area contributed by atoms with Gasteiger partial charge < -0.3 is 9.47 Å². The standard InChI is InChI=1S/C15H18N2O6/c1-8(2)13-14(18)16(9(3)15(19)22-4)11-6-5-10(17(20)21)7-12(11)23-13/h5-9,13H,1-4H3. The van der Waals surface area contributed by atoms with Gasteiger partial charge >= 0.3 is 5.97 Å². The number of fused-ring (bicyclic) bond motifs is 1. The summed E-state index contributed by atoms with van der Waals surface area (Å²) < 4.78 is 10.3. The molecule has 1 aliphatic heterocycles. The summed E-state index contributed by atoms with van der Waals surface area (Å²) in [5, 5.41) is 10.9. The van der Waals surface area contributed by atoms with Gasteiger partial charge in [-0.1, -0.05) is 13.8 Å². The molecule has 0 saturated heterocycles. The monoisotopic (exact) mass is 322 g/mol. The zero-order valence-corrected chi connectivity index (χ0v) is 13.3. The Kier molecular flexibility index (Phi) is 4.53. The third kappa shape index (κ3) is 2.96. The first-order valence-electron chi connectivity index (χ1n) is 7.14. The largest absolute Gasteiger partial charge is 0.478 e. The highest BCUT2D eigenvalue weighted by atomic mass is 16.6. The van der Waals surface area contributed by atoms with Crippen LogP contribution >= 0.6 is 0 Å². The van der Waals surface area contributed by atoms with Crippen LogP contribution in [-0.2, 0) is 14.3 Å². The molecule has 8 heteroatoms. The van der Waals surface area contributed by atoms with Crippen LogP contribution in [0, 0.1) is 16.0 Å². The number of amides is 1. The van der Waals surface area contributed by atoms with Crippen molar-refractivity contribution in [2.45, 2.75) is 32.9 Å². The second kappa shape index (κ2) is 6.23. The minimum Gasteiger partial charge on any atom is -0.478 e. The molecule has 0 fully saturated rings. The lowest BCUT2D eigenvalue weighted by Gasteiger charge is -2.38. The molecule has 1 heterocycles. The highest BCUT2D eigenvalue weighted by molar-refractivity contribution is 6.04. The smallest absolute Gasteiger partial charge is 0.328 e. The second-order valence-corrected chi connectivity index (χ2v) is 5.60. The number of non-ortho nitro benzene ring substituents is 1. The topological polar surface area (TPSA) is 99.0 Å². The van der Waals surface area contributed by atoms with Gasteiger partial charge in [0.1, 0.15) is 6.04 Å². The van der Waals surface area contributed by atoms with Crippen LogP contribution < -0.4 is 9.64 Å². The summed E-state index contributed by atoms with van der Waals surface area (Å²) in [5.41, 5.74) is 0.168. The van der Waals surface area contributed by atoms with Gasteiger partial charge in [0.2, 0.25) is 0 Å². The molecule has 0 aromatic heterocycles. The van der Waals surface area contributed by atoms with Crippen LogP contribution in [0.4, 0.5) is 11.4 Å². The van der Waals surface area contributed by atoms with Crippen molar-refractivity contribution >= 4 is 23.3 Å². The van der Waals surface area contributed by atoms with Crippen molar-refractivity contribution in [1.82, 2.24) is 0 Å². The number of methoxy groups -OCH3 is 1. The number of esters is 1. The molecule has 1 aliphatic rings. The predicted octanol–water partition coefficient (Wildman–Crippen LogP) is 1.91. The summed E-state index contributed by atoms with van der Waals surface area (Å²) in [5.74, 6) is -0.915. The molecule has 1 aromatic carbocycles. The summed E-state index contributed by atoms with van der Waals surface area (Å²) in [4.78, 5) is 36.2. The SMILES string of the molecule is COC(=O)C(C)N1C(=O)C(C(C)C)Oc2cc([N+](=O)[O-])ccc21. The molecule has 0 bridgehead atoms. The van der Waals surface area contributed by atoms with E-state index in [0.29, 0.717) is 5.69 Å². The molecule has 8 nitrogen and oxygen atoms in total. The minimum absolute atomic E-state index is 0.147. The van der Waals surface area contributed by atoms with E-state index in [2.05, 4.69) is 0 Å². The molecule has 124 valence electrons. The van der Waals surface area contributed by atoms with Gasteiger partial charge in [0, 0.05) is 6.07 Å². The molecule has 0 saturated carbocycles. The lowest BCUT2D eigenvalue weighted by Crippen LogP contribution is -2.54. The van der Waals surface area contributed by atoms with Gasteiger partial charge in [-0.2, -0.15) is 0 Å². The van der Waals surface area contributed by atoms with Crippen molar-refractivity contribution in [1.29, 1.82) is 0 Å². The molecular weight excluding hydrogens is 304 g/mol. The number of anilines is 1. The maximum absolute atomic E-state index is 12.7. The van der Waals surface area contributed by atoms with E-state index in [9.17, 15) is 19.7 Å². The van der Waals surface area contributed by atoms with Gasteiger partial charge in [0.25, 0.3) is 11.6 Å². The van der Waals surface area contributed by atoms with Gasteiger partial charge in [-0.15, -0.1) is 0 Å². The van der Waals surface area contributed by atoms with Gasteiger partial charge in [-0.3, -0.25) is 19.8 Å². The van der Waals surface area contributed by atoms with Crippen LogP contribution in [0.2, 0.25) is 0 Å². The van der Waals surface area contributed by atoms with Gasteiger partial charge in [0.05, 0.1) is 23.8 Å². The molecule has 2 unspecified atom stereocenters. The van der Waals surface area contributed by atoms with Crippen LogP contribution in [0.3, 0.4) is 0 Å². The van der Waals surface area contributed by atoms with Crippen molar-refractivity contribution in [2.75, 3.05) is 12.0 Å². The normalized spacial score (nSPS) is 18.2. The molecule has 1 amide bonds. The van der Waals surface area contributed by atoms with E-state index in [1.807, 2.05) is 0 Å². The van der Waals surface area contributed by atoms with E-state index in [1.165, 1.54) is 37.1 Å². The molecule has 0 radical (unpaired) electrons. The number of carbonyl (C=O) groups is 2. The Balaban J connectivity index is 2.55. The first-order chi connectivity index (χ1) is 10.8. The molecule has 2 atom stereocenters. The van der Waals surface area contributed by atoms with E-state index in [-0.39, 0.29) is 23.3 Å². The Morgan fingerprint density at radius 2 is 2.04 bits per heavy atom. The van der Waals surface area contributed by atoms with Crippen molar-refractivity contribution in [3.63, 3.8) is 0 Å². The Morgan fingerprint density at radius 3 is 2.57 bits per heavy atom. The quantitative estimate of drug-likeness (QED) is 0.477. The number of hydrogen-bond acceptors (Lipinski definition) is 6. The highest BCUT2D eigenvalue weighted by Gasteiger charge is 2.41. The Labute approximate surface area is 133 Å². The maximum Gasteiger partial charge on any atom is 0.328 e. The number of nitrogens with zero attached hydrogens (tertiary/aromatic N) is 2. The predicted molar refractivity (Wildman–Crippen MR) is 81.3 cm³/mol. The zero-order chi connectivity index (χ0) is 17.3. The van der Waals surface area contributed by atoms with Crippen molar-refractivity contribution < 1.29 is 24.0 Å². The summed E-state index contributed by atoms with van der Waals surface area (Å²) in [7, 11) is 1.24. The third-order valence-corrected chi connectivity index (χ3v) is 3.68. The average molecular weight is 322 g/mol. The van der Waals surface area contributed by atoms with Crippen molar-refractivity contribution in [3.8, 4) is 5.75 Å². The third-order valence-electron chi connectivity index (χ3n) is 3.68. The molecule has 23 heavy (non-hydrogen) atoms. The lowest BCUT2D eigenvalue weighted by molar-refractivity contribution is -0.384.